The SMILES string of the molecule is C\C=C/C=c1/cc(B(O)O)o/c1=C/C. The molecule has 0 aliphatic rings. The summed E-state index contributed by atoms with van der Waals surface area (Å²) in [6.07, 6.45) is 7.39. The third-order valence-electron chi connectivity index (χ3n) is 1.79. The van der Waals surface area contributed by atoms with Crippen molar-refractivity contribution in [2.75, 3.05) is 0 Å². The first-order valence-electron chi connectivity index (χ1n) is 4.44. The molecule has 1 rings (SSSR count). The number of hydrogen-bond acceptors (Lipinski definition) is 3. The van der Waals surface area contributed by atoms with Crippen LogP contribution in [0.1, 0.15) is 13.8 Å². The van der Waals surface area contributed by atoms with Crippen molar-refractivity contribution in [2.24, 2.45) is 0 Å². The molecule has 0 amide bonds. The molecule has 0 bridgehead atoms. The van der Waals surface area contributed by atoms with Gasteiger partial charge < -0.3 is 14.5 Å². The lowest BCUT2D eigenvalue weighted by molar-refractivity contribution is 0.406. The fourth-order valence-electron chi connectivity index (χ4n) is 1.12. The lowest BCUT2D eigenvalue weighted by Gasteiger charge is -1.87. The van der Waals surface area contributed by atoms with Crippen LogP contribution in [0.15, 0.2) is 22.6 Å². The average molecular weight is 192 g/mol. The van der Waals surface area contributed by atoms with Gasteiger partial charge in [0, 0.05) is 5.22 Å². The van der Waals surface area contributed by atoms with E-state index in [0.717, 1.165) is 5.22 Å². The zero-order chi connectivity index (χ0) is 10.6. The molecule has 1 aromatic rings. The van der Waals surface area contributed by atoms with Crippen molar-refractivity contribution in [3.63, 3.8) is 0 Å². The van der Waals surface area contributed by atoms with Crippen LogP contribution in [0.2, 0.25) is 0 Å². The molecular formula is C10H13BO3. The Labute approximate surface area is 82.8 Å². The van der Waals surface area contributed by atoms with Gasteiger partial charge in [-0.25, -0.2) is 0 Å². The van der Waals surface area contributed by atoms with E-state index in [9.17, 15) is 0 Å². The second-order valence-corrected chi connectivity index (χ2v) is 2.82. The second kappa shape index (κ2) is 4.84. The average Bonchev–Trinajstić information content (AvgIpc) is 2.57. The van der Waals surface area contributed by atoms with Gasteiger partial charge in [-0.2, -0.15) is 0 Å². The van der Waals surface area contributed by atoms with E-state index in [1.54, 1.807) is 12.1 Å². The first kappa shape index (κ1) is 10.8. The second-order valence-electron chi connectivity index (χ2n) is 2.82. The fourth-order valence-corrected chi connectivity index (χ4v) is 1.12. The highest BCUT2D eigenvalue weighted by atomic mass is 16.4. The van der Waals surface area contributed by atoms with Crippen LogP contribution in [0, 0.1) is 0 Å². The van der Waals surface area contributed by atoms with E-state index in [-0.39, 0.29) is 5.66 Å². The molecule has 3 nitrogen and oxygen atoms in total. The van der Waals surface area contributed by atoms with Crippen LogP contribution >= 0.6 is 0 Å². The lowest BCUT2D eigenvalue weighted by atomic mass is 9.88. The molecule has 0 aliphatic heterocycles. The summed E-state index contributed by atoms with van der Waals surface area (Å²) < 4.78 is 5.20. The summed E-state index contributed by atoms with van der Waals surface area (Å²) in [6, 6.07) is 1.61. The fraction of sp³-hybridized carbons (Fsp3) is 0.200. The molecule has 4 heteroatoms. The molecule has 0 atom stereocenters. The predicted molar refractivity (Wildman–Crippen MR) is 57.2 cm³/mol. The van der Waals surface area contributed by atoms with Crippen LogP contribution in [0.25, 0.3) is 12.2 Å². The zero-order valence-corrected chi connectivity index (χ0v) is 8.27. The van der Waals surface area contributed by atoms with Gasteiger partial charge in [0.15, 0.2) is 0 Å². The number of rotatable bonds is 2. The van der Waals surface area contributed by atoms with Crippen LogP contribution in [0.3, 0.4) is 0 Å². The van der Waals surface area contributed by atoms with Gasteiger partial charge in [0.2, 0.25) is 0 Å². The Morgan fingerprint density at radius 1 is 1.36 bits per heavy atom. The van der Waals surface area contributed by atoms with Crippen molar-refractivity contribution in [3.05, 3.63) is 28.9 Å². The van der Waals surface area contributed by atoms with Crippen molar-refractivity contribution in [1.29, 1.82) is 0 Å². The van der Waals surface area contributed by atoms with Gasteiger partial charge >= 0.3 is 7.12 Å². The molecule has 0 saturated heterocycles. The molecule has 74 valence electrons. The molecule has 0 fully saturated rings. The van der Waals surface area contributed by atoms with Crippen molar-refractivity contribution in [3.8, 4) is 0 Å². The van der Waals surface area contributed by atoms with Crippen LogP contribution in [0.5, 0.6) is 0 Å². The molecule has 14 heavy (non-hydrogen) atoms. The Balaban J connectivity index is 3.30. The molecular weight excluding hydrogens is 179 g/mol. The molecule has 2 N–H and O–H groups in total. The van der Waals surface area contributed by atoms with E-state index < -0.39 is 7.12 Å². The molecule has 0 radical (unpaired) electrons. The summed E-state index contributed by atoms with van der Waals surface area (Å²) >= 11 is 0. The van der Waals surface area contributed by atoms with Crippen molar-refractivity contribution in [1.82, 2.24) is 0 Å². The van der Waals surface area contributed by atoms with Gasteiger partial charge in [0.1, 0.15) is 11.1 Å². The van der Waals surface area contributed by atoms with Gasteiger partial charge in [0.05, 0.1) is 0 Å². The van der Waals surface area contributed by atoms with Crippen LogP contribution in [-0.2, 0) is 0 Å². The highest BCUT2D eigenvalue weighted by molar-refractivity contribution is 6.56. The normalized spacial score (nSPS) is 14.3. The largest absolute Gasteiger partial charge is 0.526 e. The van der Waals surface area contributed by atoms with Gasteiger partial charge in [-0.3, -0.25) is 0 Å². The molecule has 0 spiro atoms. The monoisotopic (exact) mass is 192 g/mol. The zero-order valence-electron chi connectivity index (χ0n) is 8.27. The van der Waals surface area contributed by atoms with Gasteiger partial charge in [-0.05, 0) is 26.0 Å². The smallest absolute Gasteiger partial charge is 0.465 e. The van der Waals surface area contributed by atoms with E-state index in [1.807, 2.05) is 32.1 Å². The minimum Gasteiger partial charge on any atom is -0.465 e. The Morgan fingerprint density at radius 3 is 2.57 bits per heavy atom. The van der Waals surface area contributed by atoms with E-state index in [1.165, 1.54) is 0 Å². The Bertz CT molecular complexity index is 429. The number of furan rings is 1. The summed E-state index contributed by atoms with van der Waals surface area (Å²) in [7, 11) is -1.55. The van der Waals surface area contributed by atoms with Crippen LogP contribution in [-0.4, -0.2) is 17.2 Å². The molecule has 1 aromatic heterocycles. The van der Waals surface area contributed by atoms with Gasteiger partial charge in [-0.15, -0.1) is 0 Å². The third kappa shape index (κ3) is 2.37. The standard InChI is InChI=1S/C10H13BO3/c1-3-5-6-8-7-10(11(12)13)14-9(8)4-2/h3-7,12-13H,1-2H3/b5-3-,8-6-,9-4+. The van der Waals surface area contributed by atoms with Crippen molar-refractivity contribution < 1.29 is 14.5 Å². The Morgan fingerprint density at radius 2 is 2.07 bits per heavy atom. The summed E-state index contributed by atoms with van der Waals surface area (Å²) in [6.45, 7) is 3.74. The number of allylic oxidation sites excluding steroid dienone is 2. The molecule has 1 heterocycles. The van der Waals surface area contributed by atoms with E-state index in [2.05, 4.69) is 0 Å². The molecule has 0 unspecified atom stereocenters. The topological polar surface area (TPSA) is 53.6 Å². The first-order chi connectivity index (χ1) is 6.69. The minimum absolute atomic E-state index is 0.161. The first-order valence-corrected chi connectivity index (χ1v) is 4.44. The summed E-state index contributed by atoms with van der Waals surface area (Å²) in [5.74, 6) is 0. The molecule has 0 aliphatic carbocycles. The predicted octanol–water partition coefficient (Wildman–Crippen LogP) is -0.884. The quantitative estimate of drug-likeness (QED) is 0.598. The molecule has 0 aromatic carbocycles. The number of hydrogen-bond donors (Lipinski definition) is 2. The van der Waals surface area contributed by atoms with Gasteiger partial charge in [0.25, 0.3) is 0 Å². The Kier molecular flexibility index (Phi) is 3.74. The van der Waals surface area contributed by atoms with Gasteiger partial charge in [-0.1, -0.05) is 18.2 Å². The van der Waals surface area contributed by atoms with Crippen LogP contribution in [0.4, 0.5) is 0 Å². The van der Waals surface area contributed by atoms with Crippen molar-refractivity contribution >= 4 is 24.9 Å². The third-order valence-corrected chi connectivity index (χ3v) is 1.79. The highest BCUT2D eigenvalue weighted by Gasteiger charge is 2.14. The maximum Gasteiger partial charge on any atom is 0.526 e. The van der Waals surface area contributed by atoms with Crippen molar-refractivity contribution in [2.45, 2.75) is 13.8 Å². The minimum atomic E-state index is -1.55. The highest BCUT2D eigenvalue weighted by Crippen LogP contribution is 1.76. The van der Waals surface area contributed by atoms with Crippen LogP contribution < -0.4 is 16.3 Å². The summed E-state index contributed by atoms with van der Waals surface area (Å²) in [5, 5.41) is 18.6. The Hall–Kier alpha value is -1.26. The van der Waals surface area contributed by atoms with E-state index in [4.69, 9.17) is 14.5 Å². The maximum atomic E-state index is 8.90. The summed E-state index contributed by atoms with van der Waals surface area (Å²) in [5.41, 5.74) is 0.806. The summed E-state index contributed by atoms with van der Waals surface area (Å²) in [4.78, 5) is 0. The lowest BCUT2D eigenvalue weighted by Crippen LogP contribution is -2.28. The van der Waals surface area contributed by atoms with E-state index in [0.29, 0.717) is 5.42 Å². The molecule has 0 saturated carbocycles. The maximum absolute atomic E-state index is 8.90. The van der Waals surface area contributed by atoms with E-state index >= 15 is 0 Å².